The zero-order chi connectivity index (χ0) is 13.3. The van der Waals surface area contributed by atoms with Gasteiger partial charge in [-0.1, -0.05) is 12.1 Å². The number of benzene rings is 1. The van der Waals surface area contributed by atoms with Gasteiger partial charge in [0.25, 0.3) is 0 Å². The van der Waals surface area contributed by atoms with Crippen LogP contribution in [0.2, 0.25) is 0 Å². The molecule has 1 aromatic heterocycles. The van der Waals surface area contributed by atoms with Crippen molar-refractivity contribution in [2.45, 2.75) is 26.4 Å². The number of hydrogen-bond acceptors (Lipinski definition) is 2. The van der Waals surface area contributed by atoms with E-state index in [0.29, 0.717) is 10.9 Å². The maximum atomic E-state index is 13.4. The highest BCUT2D eigenvalue weighted by molar-refractivity contribution is 9.10. The lowest BCUT2D eigenvalue weighted by Gasteiger charge is -2.12. The number of halogens is 2. The number of aliphatic hydroxyl groups is 1. The molecule has 1 unspecified atom stereocenters. The molecular formula is C14H14BrFOS. The van der Waals surface area contributed by atoms with E-state index in [9.17, 15) is 9.50 Å². The van der Waals surface area contributed by atoms with Gasteiger partial charge in [-0.3, -0.25) is 0 Å². The summed E-state index contributed by atoms with van der Waals surface area (Å²) in [6.07, 6.45) is -0.178. The smallest absolute Gasteiger partial charge is 0.137 e. The molecule has 0 saturated heterocycles. The van der Waals surface area contributed by atoms with Gasteiger partial charge in [0.1, 0.15) is 5.82 Å². The first kappa shape index (κ1) is 13.7. The zero-order valence-corrected chi connectivity index (χ0v) is 12.6. The predicted octanol–water partition coefficient (Wildman–Crippen LogP) is 4.54. The lowest BCUT2D eigenvalue weighted by molar-refractivity contribution is 0.178. The monoisotopic (exact) mass is 328 g/mol. The third-order valence-corrected chi connectivity index (χ3v) is 4.75. The van der Waals surface area contributed by atoms with Gasteiger partial charge < -0.3 is 5.11 Å². The highest BCUT2D eigenvalue weighted by atomic mass is 79.9. The summed E-state index contributed by atoms with van der Waals surface area (Å²) in [6, 6.07) is 6.89. The number of aryl methyl sites for hydroxylation is 2. The van der Waals surface area contributed by atoms with Gasteiger partial charge in [0.2, 0.25) is 0 Å². The van der Waals surface area contributed by atoms with Crippen LogP contribution in [0.15, 0.2) is 28.7 Å². The van der Waals surface area contributed by atoms with Crippen molar-refractivity contribution >= 4 is 27.3 Å². The first-order chi connectivity index (χ1) is 8.49. The van der Waals surface area contributed by atoms with Crippen LogP contribution in [0.3, 0.4) is 0 Å². The molecule has 1 nitrogen and oxygen atoms in total. The van der Waals surface area contributed by atoms with Crippen molar-refractivity contribution < 1.29 is 9.50 Å². The fourth-order valence-corrected chi connectivity index (χ4v) is 3.41. The second kappa shape index (κ2) is 5.51. The van der Waals surface area contributed by atoms with E-state index in [2.05, 4.69) is 15.9 Å². The minimum atomic E-state index is -0.590. The van der Waals surface area contributed by atoms with Gasteiger partial charge in [0.15, 0.2) is 0 Å². The molecule has 96 valence electrons. The molecule has 1 heterocycles. The maximum Gasteiger partial charge on any atom is 0.137 e. The van der Waals surface area contributed by atoms with Crippen molar-refractivity contribution in [3.63, 3.8) is 0 Å². The second-order valence-corrected chi connectivity index (χ2v) is 6.55. The van der Waals surface area contributed by atoms with Crippen molar-refractivity contribution in [3.8, 4) is 0 Å². The minimum absolute atomic E-state index is 0.294. The predicted molar refractivity (Wildman–Crippen MR) is 76.6 cm³/mol. The van der Waals surface area contributed by atoms with E-state index in [0.717, 1.165) is 16.0 Å². The normalized spacial score (nSPS) is 12.7. The summed E-state index contributed by atoms with van der Waals surface area (Å²) in [5.41, 5.74) is 1.72. The summed E-state index contributed by atoms with van der Waals surface area (Å²) in [5, 5.41) is 10.2. The first-order valence-corrected chi connectivity index (χ1v) is 7.28. The molecule has 0 bridgehead atoms. The summed E-state index contributed by atoms with van der Waals surface area (Å²) in [6.45, 7) is 4.02. The van der Waals surface area contributed by atoms with Crippen molar-refractivity contribution in [1.29, 1.82) is 0 Å². The summed E-state index contributed by atoms with van der Waals surface area (Å²) in [4.78, 5) is 2.30. The third-order valence-electron chi connectivity index (χ3n) is 2.88. The van der Waals surface area contributed by atoms with Crippen LogP contribution in [-0.2, 0) is 6.42 Å². The Kier molecular flexibility index (Phi) is 4.20. The van der Waals surface area contributed by atoms with Gasteiger partial charge in [-0.25, -0.2) is 4.39 Å². The number of hydrogen-bond donors (Lipinski definition) is 1. The van der Waals surface area contributed by atoms with Crippen LogP contribution in [0, 0.1) is 19.7 Å². The summed E-state index contributed by atoms with van der Waals surface area (Å²) < 4.78 is 13.8. The number of thiophene rings is 1. The van der Waals surface area contributed by atoms with Gasteiger partial charge in [-0.05, 0) is 53.0 Å². The minimum Gasteiger partial charge on any atom is -0.388 e. The standard InChI is InChI=1S/C14H14BrFOS/c1-8-6-11(9(2)18-8)13(17)7-10-4-3-5-12(16)14(10)15/h3-6,13,17H,7H2,1-2H3. The molecule has 1 aromatic carbocycles. The first-order valence-electron chi connectivity index (χ1n) is 5.67. The molecule has 0 radical (unpaired) electrons. The van der Waals surface area contributed by atoms with Gasteiger partial charge in [0.05, 0.1) is 10.6 Å². The second-order valence-electron chi connectivity index (χ2n) is 4.30. The summed E-state index contributed by atoms with van der Waals surface area (Å²) in [5.74, 6) is -0.294. The maximum absolute atomic E-state index is 13.4. The number of aliphatic hydroxyl groups excluding tert-OH is 1. The summed E-state index contributed by atoms with van der Waals surface area (Å²) >= 11 is 4.89. The molecule has 0 fully saturated rings. The Morgan fingerprint density at radius 3 is 2.72 bits per heavy atom. The van der Waals surface area contributed by atoms with Gasteiger partial charge >= 0.3 is 0 Å². The average Bonchev–Trinajstić information content (AvgIpc) is 2.64. The van der Waals surface area contributed by atoms with Crippen molar-refractivity contribution in [3.05, 3.63) is 55.4 Å². The highest BCUT2D eigenvalue weighted by Crippen LogP contribution is 2.30. The average molecular weight is 329 g/mol. The van der Waals surface area contributed by atoms with Crippen molar-refractivity contribution in [2.75, 3.05) is 0 Å². The zero-order valence-electron chi connectivity index (χ0n) is 10.2. The van der Waals surface area contributed by atoms with Crippen molar-refractivity contribution in [2.24, 2.45) is 0 Å². The topological polar surface area (TPSA) is 20.2 Å². The van der Waals surface area contributed by atoms with Crippen LogP contribution in [0.4, 0.5) is 4.39 Å². The quantitative estimate of drug-likeness (QED) is 0.876. The molecule has 0 aliphatic heterocycles. The SMILES string of the molecule is Cc1cc(C(O)Cc2cccc(F)c2Br)c(C)s1. The van der Waals surface area contributed by atoms with Crippen LogP contribution in [-0.4, -0.2) is 5.11 Å². The molecule has 1 N–H and O–H groups in total. The number of rotatable bonds is 3. The van der Waals surface area contributed by atoms with Crippen molar-refractivity contribution in [1.82, 2.24) is 0 Å². The molecular weight excluding hydrogens is 315 g/mol. The molecule has 0 aliphatic rings. The molecule has 18 heavy (non-hydrogen) atoms. The molecule has 4 heteroatoms. The lowest BCUT2D eigenvalue weighted by Crippen LogP contribution is -2.03. The van der Waals surface area contributed by atoms with E-state index in [1.165, 1.54) is 10.9 Å². The molecule has 2 aromatic rings. The van der Waals surface area contributed by atoms with E-state index in [4.69, 9.17) is 0 Å². The van der Waals surface area contributed by atoms with Crippen LogP contribution in [0.25, 0.3) is 0 Å². The van der Waals surface area contributed by atoms with E-state index in [1.807, 2.05) is 26.0 Å². The van der Waals surface area contributed by atoms with Gasteiger partial charge in [0, 0.05) is 16.2 Å². The highest BCUT2D eigenvalue weighted by Gasteiger charge is 2.16. The van der Waals surface area contributed by atoms with Crippen LogP contribution in [0.5, 0.6) is 0 Å². The van der Waals surface area contributed by atoms with Crippen LogP contribution < -0.4 is 0 Å². The van der Waals surface area contributed by atoms with Crippen LogP contribution in [0.1, 0.15) is 27.0 Å². The Morgan fingerprint density at radius 1 is 1.39 bits per heavy atom. The third kappa shape index (κ3) is 2.82. The molecule has 0 spiro atoms. The van der Waals surface area contributed by atoms with Gasteiger partial charge in [-0.2, -0.15) is 0 Å². The van der Waals surface area contributed by atoms with Crippen LogP contribution >= 0.6 is 27.3 Å². The molecule has 0 saturated carbocycles. The van der Waals surface area contributed by atoms with E-state index < -0.39 is 6.10 Å². The fourth-order valence-electron chi connectivity index (χ4n) is 2.01. The largest absolute Gasteiger partial charge is 0.388 e. The Labute approximate surface area is 118 Å². The van der Waals surface area contributed by atoms with E-state index in [1.54, 1.807) is 17.4 Å². The Bertz CT molecular complexity index is 565. The Morgan fingerprint density at radius 2 is 2.11 bits per heavy atom. The van der Waals surface area contributed by atoms with E-state index >= 15 is 0 Å². The molecule has 0 aliphatic carbocycles. The van der Waals surface area contributed by atoms with E-state index in [-0.39, 0.29) is 5.82 Å². The molecule has 0 amide bonds. The Balaban J connectivity index is 2.24. The summed E-state index contributed by atoms with van der Waals surface area (Å²) in [7, 11) is 0. The fraction of sp³-hybridized carbons (Fsp3) is 0.286. The molecule has 2 rings (SSSR count). The van der Waals surface area contributed by atoms with Gasteiger partial charge in [-0.15, -0.1) is 11.3 Å². The Hall–Kier alpha value is -0.710. The molecule has 1 atom stereocenters. The lowest BCUT2D eigenvalue weighted by atomic mass is 10.0.